The molecule has 0 aliphatic carbocycles. The van der Waals surface area contributed by atoms with Crippen LogP contribution in [0.2, 0.25) is 0 Å². The number of aryl methyl sites for hydroxylation is 1. The van der Waals surface area contributed by atoms with E-state index in [1.54, 1.807) is 12.4 Å². The summed E-state index contributed by atoms with van der Waals surface area (Å²) in [4.78, 5) is 8.64. The second-order valence-electron chi connectivity index (χ2n) is 5.76. The van der Waals surface area contributed by atoms with Crippen molar-refractivity contribution in [3.05, 3.63) is 72.8 Å². The van der Waals surface area contributed by atoms with Crippen molar-refractivity contribution in [3.8, 4) is 11.4 Å². The predicted molar refractivity (Wildman–Crippen MR) is 107 cm³/mol. The minimum atomic E-state index is 0.506. The molecule has 0 atom stereocenters. The number of nitrogens with zero attached hydrogens (tertiary/aromatic N) is 4. The molecule has 1 aromatic carbocycles. The first-order valence-corrected chi connectivity index (χ1v) is 8.50. The van der Waals surface area contributed by atoms with Crippen molar-refractivity contribution in [1.82, 2.24) is 19.6 Å². The summed E-state index contributed by atoms with van der Waals surface area (Å²) in [6.07, 6.45) is 5.36. The third-order valence-corrected chi connectivity index (χ3v) is 4.10. The fourth-order valence-corrected chi connectivity index (χ4v) is 2.88. The molecular weight excluding hydrogens is 344 g/mol. The number of pyridine rings is 1. The van der Waals surface area contributed by atoms with Gasteiger partial charge in [-0.2, -0.15) is 0 Å². The molecule has 0 aliphatic heterocycles. The molecule has 0 fully saturated rings. The third-order valence-electron chi connectivity index (χ3n) is 3.90. The molecule has 0 unspecified atom stereocenters. The summed E-state index contributed by atoms with van der Waals surface area (Å²) in [5.74, 6) is 0.689. The topological polar surface area (TPSA) is 67.1 Å². The van der Waals surface area contributed by atoms with Crippen LogP contribution in [0.1, 0.15) is 5.69 Å². The molecule has 6 nitrogen and oxygen atoms in total. The number of hydrogen-bond donors (Lipinski definition) is 2. The van der Waals surface area contributed by atoms with Gasteiger partial charge in [0.15, 0.2) is 10.9 Å². The van der Waals surface area contributed by atoms with E-state index in [1.165, 1.54) is 0 Å². The minimum absolute atomic E-state index is 0.506. The molecule has 0 spiro atoms. The van der Waals surface area contributed by atoms with Gasteiger partial charge in [0.2, 0.25) is 0 Å². The van der Waals surface area contributed by atoms with Crippen molar-refractivity contribution in [2.45, 2.75) is 6.92 Å². The number of hydrogen-bond acceptors (Lipinski definition) is 4. The molecular formula is C19H16N6S. The second kappa shape index (κ2) is 6.89. The monoisotopic (exact) mass is 360 g/mol. The maximum atomic E-state index is 5.33. The molecule has 0 amide bonds. The zero-order chi connectivity index (χ0) is 17.9. The largest absolute Gasteiger partial charge is 0.332 e. The van der Waals surface area contributed by atoms with E-state index in [2.05, 4.69) is 25.7 Å². The van der Waals surface area contributed by atoms with Crippen LogP contribution >= 0.6 is 12.2 Å². The van der Waals surface area contributed by atoms with Crippen LogP contribution in [0.3, 0.4) is 0 Å². The highest BCUT2D eigenvalue weighted by Gasteiger charge is 2.07. The van der Waals surface area contributed by atoms with E-state index in [4.69, 9.17) is 12.2 Å². The van der Waals surface area contributed by atoms with Crippen LogP contribution in [0, 0.1) is 6.92 Å². The van der Waals surface area contributed by atoms with E-state index in [1.807, 2.05) is 66.2 Å². The molecule has 2 N–H and O–H groups in total. The third kappa shape index (κ3) is 3.38. The minimum Gasteiger partial charge on any atom is -0.332 e. The Morgan fingerprint density at radius 3 is 2.58 bits per heavy atom. The van der Waals surface area contributed by atoms with Crippen molar-refractivity contribution in [1.29, 1.82) is 0 Å². The maximum Gasteiger partial charge on any atom is 0.180 e. The van der Waals surface area contributed by atoms with Gasteiger partial charge in [0, 0.05) is 23.6 Å². The quantitative estimate of drug-likeness (QED) is 0.540. The molecule has 0 aliphatic rings. The lowest BCUT2D eigenvalue weighted by atomic mass is 10.2. The van der Waals surface area contributed by atoms with Crippen LogP contribution in [0.4, 0.5) is 11.4 Å². The molecule has 0 bridgehead atoms. The van der Waals surface area contributed by atoms with Crippen LogP contribution in [0.15, 0.2) is 67.1 Å². The van der Waals surface area contributed by atoms with Gasteiger partial charge in [-0.25, -0.2) is 9.50 Å². The van der Waals surface area contributed by atoms with Crippen molar-refractivity contribution >= 4 is 34.2 Å². The number of benzene rings is 1. The zero-order valence-electron chi connectivity index (χ0n) is 14.0. The highest BCUT2D eigenvalue weighted by Crippen LogP contribution is 2.20. The van der Waals surface area contributed by atoms with E-state index in [9.17, 15) is 0 Å². The Hall–Kier alpha value is -3.32. The summed E-state index contributed by atoms with van der Waals surface area (Å²) in [5.41, 5.74) is 4.63. The predicted octanol–water partition coefficient (Wildman–Crippen LogP) is 3.91. The van der Waals surface area contributed by atoms with Crippen LogP contribution in [0.25, 0.3) is 16.9 Å². The highest BCUT2D eigenvalue weighted by molar-refractivity contribution is 7.80. The lowest BCUT2D eigenvalue weighted by molar-refractivity contribution is 0.897. The highest BCUT2D eigenvalue weighted by atomic mass is 32.1. The van der Waals surface area contributed by atoms with Gasteiger partial charge in [0.05, 0.1) is 23.1 Å². The molecule has 0 saturated carbocycles. The van der Waals surface area contributed by atoms with Gasteiger partial charge in [0.25, 0.3) is 0 Å². The summed E-state index contributed by atoms with van der Waals surface area (Å²) < 4.78 is 1.84. The van der Waals surface area contributed by atoms with Gasteiger partial charge in [0.1, 0.15) is 0 Å². The van der Waals surface area contributed by atoms with Crippen LogP contribution in [0.5, 0.6) is 0 Å². The Balaban J connectivity index is 1.50. The Kier molecular flexibility index (Phi) is 4.28. The number of aromatic nitrogens is 4. The molecule has 128 valence electrons. The standard InChI is InChI=1S/C19H16N6S/c1-13-17-5-3-11-25(17)24-18(21-13)14-6-8-15(9-7-14)22-19(26)23-16-4-2-10-20-12-16/h2-12H,1H3,(H2,22,23,26). The number of rotatable bonds is 3. The van der Waals surface area contributed by atoms with E-state index in [-0.39, 0.29) is 0 Å². The van der Waals surface area contributed by atoms with Crippen LogP contribution < -0.4 is 10.6 Å². The van der Waals surface area contributed by atoms with E-state index in [0.29, 0.717) is 10.9 Å². The fourth-order valence-electron chi connectivity index (χ4n) is 2.64. The lowest BCUT2D eigenvalue weighted by Gasteiger charge is -2.10. The van der Waals surface area contributed by atoms with Crippen LogP contribution in [-0.4, -0.2) is 24.7 Å². The van der Waals surface area contributed by atoms with Crippen LogP contribution in [-0.2, 0) is 0 Å². The van der Waals surface area contributed by atoms with Crippen molar-refractivity contribution in [3.63, 3.8) is 0 Å². The maximum absolute atomic E-state index is 5.33. The van der Waals surface area contributed by atoms with E-state index < -0.39 is 0 Å². The molecule has 4 aromatic rings. The molecule has 3 heterocycles. The summed E-state index contributed by atoms with van der Waals surface area (Å²) in [6.45, 7) is 1.99. The average molecular weight is 360 g/mol. The number of nitrogens with one attached hydrogen (secondary N) is 2. The second-order valence-corrected chi connectivity index (χ2v) is 6.17. The number of fused-ring (bicyclic) bond motifs is 1. The molecule has 26 heavy (non-hydrogen) atoms. The number of anilines is 2. The molecule has 0 radical (unpaired) electrons. The summed E-state index contributed by atoms with van der Waals surface area (Å²) in [6, 6.07) is 15.6. The van der Waals surface area contributed by atoms with Gasteiger partial charge in [-0.05, 0) is 67.7 Å². The van der Waals surface area contributed by atoms with Crippen molar-refractivity contribution < 1.29 is 0 Å². The van der Waals surface area contributed by atoms with Crippen molar-refractivity contribution in [2.24, 2.45) is 0 Å². The Labute approximate surface area is 155 Å². The Bertz CT molecular complexity index is 1060. The van der Waals surface area contributed by atoms with Crippen molar-refractivity contribution in [2.75, 3.05) is 10.6 Å². The Morgan fingerprint density at radius 1 is 1.00 bits per heavy atom. The molecule has 0 saturated heterocycles. The molecule has 4 rings (SSSR count). The molecule has 7 heteroatoms. The van der Waals surface area contributed by atoms with Gasteiger partial charge in [-0.3, -0.25) is 4.98 Å². The van der Waals surface area contributed by atoms with Gasteiger partial charge >= 0.3 is 0 Å². The zero-order valence-corrected chi connectivity index (χ0v) is 14.9. The molecule has 3 aromatic heterocycles. The first-order chi connectivity index (χ1) is 12.7. The van der Waals surface area contributed by atoms with E-state index >= 15 is 0 Å². The SMILES string of the molecule is Cc1nc(-c2ccc(NC(=S)Nc3cccnc3)cc2)nn2cccc12. The summed E-state index contributed by atoms with van der Waals surface area (Å²) in [7, 11) is 0. The summed E-state index contributed by atoms with van der Waals surface area (Å²) >= 11 is 5.33. The smallest absolute Gasteiger partial charge is 0.180 e. The number of thiocarbonyl (C=S) groups is 1. The van der Waals surface area contributed by atoms with Gasteiger partial charge in [-0.15, -0.1) is 5.10 Å². The average Bonchev–Trinajstić information content (AvgIpc) is 3.12. The summed E-state index contributed by atoms with van der Waals surface area (Å²) in [5, 5.41) is 11.3. The normalized spacial score (nSPS) is 10.7. The first-order valence-electron chi connectivity index (χ1n) is 8.09. The first kappa shape index (κ1) is 16.2. The van der Waals surface area contributed by atoms with Gasteiger partial charge in [-0.1, -0.05) is 0 Å². The van der Waals surface area contributed by atoms with E-state index in [0.717, 1.165) is 28.1 Å². The fraction of sp³-hybridized carbons (Fsp3) is 0.0526. The Morgan fingerprint density at radius 2 is 1.81 bits per heavy atom. The lowest BCUT2D eigenvalue weighted by Crippen LogP contribution is -2.19. The van der Waals surface area contributed by atoms with Gasteiger partial charge < -0.3 is 10.6 Å².